The number of unbranched alkanes of at least 4 members (excludes halogenated alkanes) is 2. The predicted octanol–water partition coefficient (Wildman–Crippen LogP) is 11.9. The number of aromatic hydroxyl groups is 4. The Morgan fingerprint density at radius 2 is 0.746 bits per heavy atom. The Morgan fingerprint density at radius 3 is 0.985 bits per heavy atom. The minimum atomic E-state index is -1.45. The summed E-state index contributed by atoms with van der Waals surface area (Å²) in [6.07, 6.45) is 16.4. The number of rotatable bonds is 23. The van der Waals surface area contributed by atoms with Crippen molar-refractivity contribution in [1.82, 2.24) is 0 Å². The Morgan fingerprint density at radius 1 is 0.448 bits per heavy atom. The van der Waals surface area contributed by atoms with Crippen molar-refractivity contribution in [3.05, 3.63) is 104 Å². The zero-order valence-electron chi connectivity index (χ0n) is 42.0. The Bertz CT molecular complexity index is 2050. The number of phenols is 4. The quantitative estimate of drug-likeness (QED) is 0.0321. The molecule has 0 aliphatic rings. The van der Waals surface area contributed by atoms with Gasteiger partial charge in [0, 0.05) is 11.1 Å². The molecule has 0 unspecified atom stereocenters. The molecule has 0 saturated carbocycles. The van der Waals surface area contributed by atoms with Gasteiger partial charge in [-0.1, -0.05) is 120 Å². The van der Waals surface area contributed by atoms with E-state index in [1.165, 1.54) is 58.7 Å². The van der Waals surface area contributed by atoms with Gasteiger partial charge in [-0.15, -0.1) is 0 Å². The van der Waals surface area contributed by atoms with E-state index < -0.39 is 34.9 Å². The molecule has 0 bridgehead atoms. The predicted molar refractivity (Wildman–Crippen MR) is 268 cm³/mol. The third-order valence-electron chi connectivity index (χ3n) is 11.5. The van der Waals surface area contributed by atoms with Crippen molar-refractivity contribution in [3.63, 3.8) is 0 Å². The first-order chi connectivity index (χ1) is 31.6. The first-order valence-corrected chi connectivity index (χ1v) is 24.6. The number of nitrogens with zero attached hydrogens (tertiary/aromatic N) is 2. The molecule has 4 aromatic carbocycles. The second-order valence-electron chi connectivity index (χ2n) is 16.8. The maximum absolute atomic E-state index is 11.0. The van der Waals surface area contributed by atoms with Crippen LogP contribution in [0.2, 0.25) is 0 Å². The summed E-state index contributed by atoms with van der Waals surface area (Å²) in [5.41, 5.74) is 12.2. The van der Waals surface area contributed by atoms with Gasteiger partial charge < -0.3 is 40.2 Å². The number of carbonyl (C=O) groups is 2. The van der Waals surface area contributed by atoms with Crippen LogP contribution in [0, 0.1) is 0 Å². The number of aliphatic imine (C=N–C) groups is 2. The second-order valence-corrected chi connectivity index (χ2v) is 16.8. The van der Waals surface area contributed by atoms with Crippen LogP contribution in [0.3, 0.4) is 0 Å². The average molecular weight is 966 g/mol. The zero-order chi connectivity index (χ0) is 49.3. The van der Waals surface area contributed by atoms with Crippen LogP contribution < -0.4 is 10.2 Å². The van der Waals surface area contributed by atoms with Crippen LogP contribution in [0.5, 0.6) is 23.0 Å². The van der Waals surface area contributed by atoms with Gasteiger partial charge in [-0.25, -0.2) is 0 Å². The molecule has 0 aliphatic carbocycles. The van der Waals surface area contributed by atoms with E-state index in [1.807, 2.05) is 27.7 Å². The molecule has 10 nitrogen and oxygen atoms in total. The van der Waals surface area contributed by atoms with Gasteiger partial charge in [-0.05, 0) is 158 Å². The molecular formula is C56H78N2NiO8. The second kappa shape index (κ2) is 31.8. The molecule has 4 aromatic rings. The van der Waals surface area contributed by atoms with Crippen LogP contribution in [-0.2, 0) is 67.9 Å². The fourth-order valence-electron chi connectivity index (χ4n) is 7.96. The number of carboxylic acids is 2. The maximum atomic E-state index is 11.0. The summed E-state index contributed by atoms with van der Waals surface area (Å²) in [6, 6.07) is 16.6. The molecule has 4 rings (SSSR count). The van der Waals surface area contributed by atoms with Crippen LogP contribution in [-0.4, -0.2) is 43.8 Å². The van der Waals surface area contributed by atoms with E-state index in [1.54, 1.807) is 0 Å². The normalized spacial score (nSPS) is 11.3. The number of aromatic carboxylic acids is 2. The van der Waals surface area contributed by atoms with Gasteiger partial charge in [0.05, 0.1) is 34.7 Å². The van der Waals surface area contributed by atoms with E-state index in [9.17, 15) is 40.2 Å². The van der Waals surface area contributed by atoms with Gasteiger partial charge in [0.1, 0.15) is 0 Å². The van der Waals surface area contributed by atoms with Crippen molar-refractivity contribution in [2.24, 2.45) is 9.98 Å². The Balaban J connectivity index is 0.000000544. The standard InChI is InChI=1S/C30H44N2.2C13H18O4.Ni/c1-7-13-15-29(31-27-19-23(9-3)17-24(10-4)20-27)30(16-14-8-2)32-28-21-25(11-5)18-26(12-6)22-28;2*1-3-5-8-7-10(14)12(15)11(13(16)17)9(8)6-4-2;/h17-22H,7-16H2,1-6H3;2*7,14-15H,3-6H2,1-2H3,(H,16,17);/q;;;+2/p-2. The molecule has 0 fully saturated rings. The van der Waals surface area contributed by atoms with Crippen LogP contribution in [0.15, 0.2) is 58.5 Å². The fraction of sp³-hybridized carbons (Fsp3) is 0.500. The topological polar surface area (TPSA) is 186 Å². The molecule has 0 saturated heterocycles. The zero-order valence-corrected chi connectivity index (χ0v) is 43.0. The monoisotopic (exact) mass is 965 g/mol. The molecule has 0 atom stereocenters. The van der Waals surface area contributed by atoms with Crippen LogP contribution in [0.25, 0.3) is 0 Å². The van der Waals surface area contributed by atoms with E-state index in [0.29, 0.717) is 36.8 Å². The SMILES string of the molecule is CCCCC(=Nc1cc(CC)cc(CC)c1)C(CCCC)=Nc1cc(CC)cc(CC)c1.CCCc1cc(O)c(O)c(C(=O)[O-])c1CCC.CCCc1cc(O)c(O)c(C(=O)[O-])c1CCC.[Ni+2]. The molecule has 0 aliphatic heterocycles. The maximum Gasteiger partial charge on any atom is 2.00 e. The molecule has 370 valence electrons. The molecule has 11 heteroatoms. The van der Waals surface area contributed by atoms with Crippen LogP contribution >= 0.6 is 0 Å². The minimum absolute atomic E-state index is 0. The summed E-state index contributed by atoms with van der Waals surface area (Å²) < 4.78 is 0. The third kappa shape index (κ3) is 18.5. The summed E-state index contributed by atoms with van der Waals surface area (Å²) >= 11 is 0. The number of hydrogen-bond donors (Lipinski definition) is 4. The van der Waals surface area contributed by atoms with Crippen LogP contribution in [0.1, 0.15) is 199 Å². The molecule has 0 radical (unpaired) electrons. The van der Waals surface area contributed by atoms with E-state index in [2.05, 4.69) is 77.9 Å². The van der Waals surface area contributed by atoms with Gasteiger partial charge >= 0.3 is 16.5 Å². The summed E-state index contributed by atoms with van der Waals surface area (Å²) in [5.74, 6) is -4.86. The van der Waals surface area contributed by atoms with Gasteiger partial charge in [0.15, 0.2) is 23.0 Å². The van der Waals surface area contributed by atoms with Crippen molar-refractivity contribution in [2.75, 3.05) is 0 Å². The summed E-state index contributed by atoms with van der Waals surface area (Å²) in [4.78, 5) is 32.6. The van der Waals surface area contributed by atoms with Gasteiger partial charge in [-0.2, -0.15) is 0 Å². The third-order valence-corrected chi connectivity index (χ3v) is 11.5. The van der Waals surface area contributed by atoms with E-state index in [-0.39, 0.29) is 27.6 Å². The number of carboxylic acid groups (broad SMARTS) is 2. The van der Waals surface area contributed by atoms with Crippen molar-refractivity contribution in [2.45, 2.75) is 185 Å². The molecule has 0 spiro atoms. The molecule has 0 amide bonds. The molecule has 0 aromatic heterocycles. The van der Waals surface area contributed by atoms with Gasteiger partial charge in [-0.3, -0.25) is 9.98 Å². The van der Waals surface area contributed by atoms with E-state index in [0.717, 1.165) is 99.6 Å². The van der Waals surface area contributed by atoms with Crippen molar-refractivity contribution < 1.29 is 56.7 Å². The number of carbonyl (C=O) groups excluding carboxylic acids is 2. The van der Waals surface area contributed by atoms with E-state index in [4.69, 9.17) is 9.98 Å². The average Bonchev–Trinajstić information content (AvgIpc) is 3.30. The summed E-state index contributed by atoms with van der Waals surface area (Å²) in [5, 5.41) is 60.3. The van der Waals surface area contributed by atoms with Crippen LogP contribution in [0.4, 0.5) is 11.4 Å². The number of phenolic OH excluding ortho intramolecular Hbond substituents is 2. The molecular weight excluding hydrogens is 887 g/mol. The smallest absolute Gasteiger partial charge is 0.545 e. The molecule has 67 heavy (non-hydrogen) atoms. The number of aryl methyl sites for hydroxylation is 6. The Labute approximate surface area is 411 Å². The molecule has 4 N–H and O–H groups in total. The van der Waals surface area contributed by atoms with Crippen molar-refractivity contribution in [1.29, 1.82) is 0 Å². The number of hydrogen-bond acceptors (Lipinski definition) is 10. The fourth-order valence-corrected chi connectivity index (χ4v) is 7.96. The largest absolute Gasteiger partial charge is 2.00 e. The van der Waals surface area contributed by atoms with Gasteiger partial charge in [0.2, 0.25) is 0 Å². The first kappa shape index (κ1) is 59.9. The summed E-state index contributed by atoms with van der Waals surface area (Å²) in [6.45, 7) is 21.2. The van der Waals surface area contributed by atoms with Gasteiger partial charge in [0.25, 0.3) is 0 Å². The minimum Gasteiger partial charge on any atom is -0.545 e. The Kier molecular flexibility index (Phi) is 28.4. The first-order valence-electron chi connectivity index (χ1n) is 24.6. The number of benzene rings is 4. The van der Waals surface area contributed by atoms with Crippen molar-refractivity contribution in [3.8, 4) is 23.0 Å². The molecule has 0 heterocycles. The summed E-state index contributed by atoms with van der Waals surface area (Å²) in [7, 11) is 0. The van der Waals surface area contributed by atoms with Crippen molar-refractivity contribution >= 4 is 34.7 Å². The Hall–Kier alpha value is -5.15. The van der Waals surface area contributed by atoms with E-state index >= 15 is 0 Å².